The zero-order valence-electron chi connectivity index (χ0n) is 18.0. The molecule has 0 spiro atoms. The number of carbonyl (C=O) groups excluding carboxylic acids is 2. The Morgan fingerprint density at radius 1 is 1.18 bits per heavy atom. The van der Waals surface area contributed by atoms with Crippen LogP contribution in [0.2, 0.25) is 0 Å². The standard InChI is InChI=1S/C24H21N3O5S/c1-3-32-20(28)18-12-33-22(25-18)26-21(29)23(2)13-24(27(30)31)16-10-6-4-8-14(16)19(23)15-9-5-7-11-17(15)24/h4-12,19H,3,13H2,1-2H3,(H,25,26,29). The number of thiazole rings is 1. The molecule has 2 aromatic carbocycles. The van der Waals surface area contributed by atoms with E-state index in [4.69, 9.17) is 4.74 Å². The fourth-order valence-corrected chi connectivity index (χ4v) is 6.09. The number of hydrogen-bond acceptors (Lipinski definition) is 7. The van der Waals surface area contributed by atoms with Gasteiger partial charge in [0.2, 0.25) is 5.91 Å². The second kappa shape index (κ2) is 7.48. The zero-order chi connectivity index (χ0) is 23.4. The third kappa shape index (κ3) is 2.92. The predicted molar refractivity (Wildman–Crippen MR) is 122 cm³/mol. The fraction of sp³-hybridized carbons (Fsp3) is 0.292. The molecule has 1 unspecified atom stereocenters. The summed E-state index contributed by atoms with van der Waals surface area (Å²) in [5.74, 6) is -1.28. The van der Waals surface area contributed by atoms with Crippen molar-refractivity contribution >= 4 is 28.3 Å². The highest BCUT2D eigenvalue weighted by Crippen LogP contribution is 2.63. The number of nitrogens with one attached hydrogen (secondary N) is 1. The Hall–Kier alpha value is -3.59. The van der Waals surface area contributed by atoms with Crippen molar-refractivity contribution < 1.29 is 19.2 Å². The van der Waals surface area contributed by atoms with Crippen LogP contribution in [0.4, 0.5) is 5.13 Å². The Morgan fingerprint density at radius 3 is 2.36 bits per heavy atom. The number of aromatic nitrogens is 1. The van der Waals surface area contributed by atoms with Gasteiger partial charge in [0.1, 0.15) is 0 Å². The quantitative estimate of drug-likeness (QED) is 0.342. The highest BCUT2D eigenvalue weighted by molar-refractivity contribution is 7.14. The minimum atomic E-state index is -1.52. The van der Waals surface area contributed by atoms with E-state index in [0.717, 1.165) is 22.5 Å². The van der Waals surface area contributed by atoms with Gasteiger partial charge in [-0.05, 0) is 25.0 Å². The Labute approximate surface area is 193 Å². The van der Waals surface area contributed by atoms with Crippen LogP contribution in [0.25, 0.3) is 0 Å². The molecule has 3 aromatic rings. The van der Waals surface area contributed by atoms with Crippen LogP contribution in [-0.4, -0.2) is 28.4 Å². The molecule has 168 valence electrons. The van der Waals surface area contributed by atoms with Gasteiger partial charge in [-0.2, -0.15) is 0 Å². The SMILES string of the molecule is CCOC(=O)c1csc(NC(=O)C2(C)CC3([N+](=O)[O-])c4ccccc4C2c2ccccc23)n1. The topological polar surface area (TPSA) is 111 Å². The molecule has 1 N–H and O–H groups in total. The van der Waals surface area contributed by atoms with Crippen molar-refractivity contribution in [1.82, 2.24) is 4.98 Å². The summed E-state index contributed by atoms with van der Waals surface area (Å²) in [6.07, 6.45) is 0.0215. The monoisotopic (exact) mass is 463 g/mol. The molecular weight excluding hydrogens is 442 g/mol. The van der Waals surface area contributed by atoms with Crippen molar-refractivity contribution in [2.75, 3.05) is 11.9 Å². The number of amides is 1. The van der Waals surface area contributed by atoms with Crippen molar-refractivity contribution in [1.29, 1.82) is 0 Å². The van der Waals surface area contributed by atoms with Gasteiger partial charge < -0.3 is 10.1 Å². The molecule has 1 heterocycles. The first-order valence-electron chi connectivity index (χ1n) is 10.6. The number of esters is 1. The van der Waals surface area contributed by atoms with Crippen LogP contribution < -0.4 is 5.32 Å². The predicted octanol–water partition coefficient (Wildman–Crippen LogP) is 4.33. The molecule has 0 saturated heterocycles. The number of nitrogens with zero attached hydrogens (tertiary/aromatic N) is 2. The smallest absolute Gasteiger partial charge is 0.357 e. The largest absolute Gasteiger partial charge is 0.461 e. The Bertz CT molecular complexity index is 1260. The Balaban J connectivity index is 1.59. The van der Waals surface area contributed by atoms with Crippen LogP contribution in [0.5, 0.6) is 0 Å². The Morgan fingerprint density at radius 2 is 1.79 bits per heavy atom. The average Bonchev–Trinajstić information content (AvgIpc) is 3.28. The van der Waals surface area contributed by atoms with Gasteiger partial charge in [-0.25, -0.2) is 9.78 Å². The third-order valence-corrected chi connectivity index (χ3v) is 7.49. The third-order valence-electron chi connectivity index (χ3n) is 6.73. The van der Waals surface area contributed by atoms with Crippen molar-refractivity contribution in [2.24, 2.45) is 5.41 Å². The molecule has 1 atom stereocenters. The summed E-state index contributed by atoms with van der Waals surface area (Å²) in [6, 6.07) is 14.6. The first-order chi connectivity index (χ1) is 15.8. The summed E-state index contributed by atoms with van der Waals surface area (Å²) in [5, 5.41) is 17.3. The molecule has 6 rings (SSSR count). The normalized spacial score (nSPS) is 24.5. The summed E-state index contributed by atoms with van der Waals surface area (Å²) < 4.78 is 4.96. The molecule has 0 fully saturated rings. The van der Waals surface area contributed by atoms with E-state index < -0.39 is 16.9 Å². The van der Waals surface area contributed by atoms with Crippen LogP contribution in [0.1, 0.15) is 58.9 Å². The second-order valence-electron chi connectivity index (χ2n) is 8.53. The number of carbonyl (C=O) groups is 2. The van der Waals surface area contributed by atoms with E-state index >= 15 is 0 Å². The van der Waals surface area contributed by atoms with Gasteiger partial charge >= 0.3 is 5.97 Å². The first kappa shape index (κ1) is 21.3. The van der Waals surface area contributed by atoms with Gasteiger partial charge in [-0.15, -0.1) is 11.3 Å². The van der Waals surface area contributed by atoms with Crippen LogP contribution in [0.3, 0.4) is 0 Å². The lowest BCUT2D eigenvalue weighted by Crippen LogP contribution is -2.57. The van der Waals surface area contributed by atoms with E-state index in [1.165, 1.54) is 5.38 Å². The molecule has 33 heavy (non-hydrogen) atoms. The summed E-state index contributed by atoms with van der Waals surface area (Å²) in [7, 11) is 0. The molecule has 0 aliphatic heterocycles. The highest BCUT2D eigenvalue weighted by atomic mass is 32.1. The highest BCUT2D eigenvalue weighted by Gasteiger charge is 2.67. The molecule has 1 amide bonds. The minimum Gasteiger partial charge on any atom is -0.461 e. The van der Waals surface area contributed by atoms with Crippen molar-refractivity contribution in [3.63, 3.8) is 0 Å². The summed E-state index contributed by atoms with van der Waals surface area (Å²) in [4.78, 5) is 42.2. The molecule has 0 saturated carbocycles. The van der Waals surface area contributed by atoms with E-state index in [1.54, 1.807) is 38.1 Å². The number of anilines is 1. The molecule has 3 aliphatic carbocycles. The van der Waals surface area contributed by atoms with E-state index in [2.05, 4.69) is 10.3 Å². The maximum atomic E-state index is 13.7. The summed E-state index contributed by atoms with van der Waals surface area (Å²) in [5.41, 5.74) is 0.361. The van der Waals surface area contributed by atoms with Crippen LogP contribution in [-0.2, 0) is 15.1 Å². The van der Waals surface area contributed by atoms with Gasteiger partial charge in [0.05, 0.1) is 12.0 Å². The molecule has 3 aliphatic rings. The van der Waals surface area contributed by atoms with Gasteiger partial charge in [0.15, 0.2) is 10.8 Å². The number of rotatable bonds is 5. The minimum absolute atomic E-state index is 0.0215. The number of hydrogen-bond donors (Lipinski definition) is 1. The zero-order valence-corrected chi connectivity index (χ0v) is 18.8. The number of ether oxygens (including phenoxy) is 1. The van der Waals surface area contributed by atoms with Crippen LogP contribution in [0.15, 0.2) is 53.9 Å². The van der Waals surface area contributed by atoms with Gasteiger partial charge in [-0.1, -0.05) is 48.5 Å². The van der Waals surface area contributed by atoms with E-state index in [-0.39, 0.29) is 40.6 Å². The fourth-order valence-electron chi connectivity index (χ4n) is 5.42. The Kier molecular flexibility index (Phi) is 4.82. The molecule has 1 aromatic heterocycles. The lowest BCUT2D eigenvalue weighted by atomic mass is 9.49. The van der Waals surface area contributed by atoms with Gasteiger partial charge in [-0.3, -0.25) is 14.9 Å². The van der Waals surface area contributed by atoms with Gasteiger partial charge in [0.25, 0.3) is 5.54 Å². The summed E-state index contributed by atoms with van der Waals surface area (Å²) in [6.45, 7) is 3.70. The van der Waals surface area contributed by atoms with Crippen LogP contribution in [0, 0.1) is 15.5 Å². The lowest BCUT2D eigenvalue weighted by molar-refractivity contribution is -0.573. The first-order valence-corrected chi connectivity index (χ1v) is 11.5. The van der Waals surface area contributed by atoms with Gasteiger partial charge in [0, 0.05) is 33.8 Å². The van der Waals surface area contributed by atoms with E-state index in [1.807, 2.05) is 24.3 Å². The molecule has 9 heteroatoms. The number of fused-ring (bicyclic) bond motifs is 1. The molecule has 8 nitrogen and oxygen atoms in total. The van der Waals surface area contributed by atoms with E-state index in [9.17, 15) is 19.7 Å². The van der Waals surface area contributed by atoms with Crippen molar-refractivity contribution in [3.05, 3.63) is 92.0 Å². The molecular formula is C24H21N3O5S. The number of nitro groups is 1. The summed E-state index contributed by atoms with van der Waals surface area (Å²) >= 11 is 1.11. The maximum absolute atomic E-state index is 13.7. The number of benzene rings is 2. The van der Waals surface area contributed by atoms with Crippen molar-refractivity contribution in [3.8, 4) is 0 Å². The van der Waals surface area contributed by atoms with Crippen molar-refractivity contribution in [2.45, 2.75) is 31.7 Å². The second-order valence-corrected chi connectivity index (χ2v) is 9.39. The molecule has 0 radical (unpaired) electrons. The average molecular weight is 464 g/mol. The van der Waals surface area contributed by atoms with Crippen LogP contribution >= 0.6 is 11.3 Å². The van der Waals surface area contributed by atoms with E-state index in [0.29, 0.717) is 11.1 Å². The lowest BCUT2D eigenvalue weighted by Gasteiger charge is -2.52. The molecule has 2 bridgehead atoms. The maximum Gasteiger partial charge on any atom is 0.357 e.